The normalized spacial score (nSPS) is 13.6. The number of ether oxygens (including phenoxy) is 1. The van der Waals surface area contributed by atoms with Crippen molar-refractivity contribution in [2.75, 3.05) is 11.9 Å². The van der Waals surface area contributed by atoms with Crippen LogP contribution in [0.15, 0.2) is 97.3 Å². The van der Waals surface area contributed by atoms with Crippen LogP contribution in [0.2, 0.25) is 0 Å². The molecule has 0 bridgehead atoms. The predicted octanol–water partition coefficient (Wildman–Crippen LogP) is 6.32. The highest BCUT2D eigenvalue weighted by Crippen LogP contribution is 2.48. The minimum absolute atomic E-state index is 0.284. The summed E-state index contributed by atoms with van der Waals surface area (Å²) in [5, 5.41) is 12.3. The first-order valence-corrected chi connectivity index (χ1v) is 11.9. The molecular formula is C30H26N2O4. The molecule has 36 heavy (non-hydrogen) atoms. The van der Waals surface area contributed by atoms with Crippen LogP contribution in [0.5, 0.6) is 0 Å². The number of amides is 1. The molecule has 0 saturated heterocycles. The minimum Gasteiger partial charge on any atom is -0.481 e. The van der Waals surface area contributed by atoms with E-state index in [0.29, 0.717) is 24.9 Å². The van der Waals surface area contributed by atoms with E-state index >= 15 is 0 Å². The summed E-state index contributed by atoms with van der Waals surface area (Å²) in [6.45, 7) is 0.284. The van der Waals surface area contributed by atoms with Gasteiger partial charge in [-0.1, -0.05) is 78.9 Å². The van der Waals surface area contributed by atoms with Gasteiger partial charge in [0.2, 0.25) is 0 Å². The molecule has 1 fully saturated rings. The van der Waals surface area contributed by atoms with Crippen molar-refractivity contribution in [3.8, 4) is 22.3 Å². The number of aromatic nitrogens is 1. The summed E-state index contributed by atoms with van der Waals surface area (Å²) in [5.41, 5.74) is 5.65. The van der Waals surface area contributed by atoms with Gasteiger partial charge in [0.15, 0.2) is 0 Å². The van der Waals surface area contributed by atoms with Crippen LogP contribution in [-0.4, -0.2) is 28.8 Å². The average Bonchev–Trinajstić information content (AvgIpc) is 3.73. The predicted molar refractivity (Wildman–Crippen MR) is 139 cm³/mol. The number of carboxylic acid groups (broad SMARTS) is 1. The molecule has 3 aromatic carbocycles. The molecule has 6 heteroatoms. The fourth-order valence-corrected chi connectivity index (χ4v) is 4.37. The summed E-state index contributed by atoms with van der Waals surface area (Å²) in [7, 11) is 0. The quantitative estimate of drug-likeness (QED) is 0.309. The third-order valence-corrected chi connectivity index (χ3v) is 6.65. The van der Waals surface area contributed by atoms with Gasteiger partial charge in [-0.05, 0) is 46.7 Å². The lowest BCUT2D eigenvalue weighted by atomic mass is 9.93. The summed E-state index contributed by atoms with van der Waals surface area (Å²) in [5.74, 6) is -0.749. The van der Waals surface area contributed by atoms with Crippen LogP contribution in [0.4, 0.5) is 10.5 Å². The first-order valence-electron chi connectivity index (χ1n) is 11.9. The number of aliphatic carboxylic acids is 1. The van der Waals surface area contributed by atoms with E-state index in [1.807, 2.05) is 84.9 Å². The van der Waals surface area contributed by atoms with E-state index in [-0.39, 0.29) is 6.61 Å². The van der Waals surface area contributed by atoms with Crippen molar-refractivity contribution in [1.82, 2.24) is 4.98 Å². The van der Waals surface area contributed by atoms with Crippen molar-refractivity contribution in [2.45, 2.75) is 24.7 Å². The molecule has 0 radical (unpaired) electrons. The Kier molecular flexibility index (Phi) is 6.50. The fraction of sp³-hybridized carbons (Fsp3) is 0.167. The number of carbonyl (C=O) groups excluding carboxylic acids is 1. The van der Waals surface area contributed by atoms with Gasteiger partial charge in [0.25, 0.3) is 0 Å². The number of carboxylic acids is 1. The third kappa shape index (κ3) is 4.98. The van der Waals surface area contributed by atoms with Gasteiger partial charge in [0.05, 0.1) is 23.9 Å². The van der Waals surface area contributed by atoms with Crippen LogP contribution < -0.4 is 5.32 Å². The Balaban J connectivity index is 1.25. The monoisotopic (exact) mass is 478 g/mol. The molecular weight excluding hydrogens is 452 g/mol. The van der Waals surface area contributed by atoms with E-state index in [1.165, 1.54) is 0 Å². The zero-order valence-corrected chi connectivity index (χ0v) is 19.7. The van der Waals surface area contributed by atoms with E-state index < -0.39 is 17.5 Å². The molecule has 1 amide bonds. The van der Waals surface area contributed by atoms with Gasteiger partial charge in [-0.2, -0.15) is 0 Å². The molecule has 0 atom stereocenters. The van der Waals surface area contributed by atoms with Crippen molar-refractivity contribution < 1.29 is 19.4 Å². The van der Waals surface area contributed by atoms with Crippen molar-refractivity contribution in [3.05, 3.63) is 108 Å². The summed E-state index contributed by atoms with van der Waals surface area (Å²) in [6.07, 6.45) is 4.80. The van der Waals surface area contributed by atoms with Crippen molar-refractivity contribution in [3.63, 3.8) is 0 Å². The smallest absolute Gasteiger partial charge is 0.411 e. The van der Waals surface area contributed by atoms with Crippen LogP contribution in [0.1, 0.15) is 24.0 Å². The number of pyridine rings is 1. The zero-order valence-electron chi connectivity index (χ0n) is 19.7. The zero-order chi connectivity index (χ0) is 25.0. The molecule has 1 aromatic heterocycles. The van der Waals surface area contributed by atoms with Gasteiger partial charge in [0.1, 0.15) is 0 Å². The highest BCUT2D eigenvalue weighted by molar-refractivity contribution is 5.91. The van der Waals surface area contributed by atoms with Crippen LogP contribution in [0, 0.1) is 0 Å². The van der Waals surface area contributed by atoms with Gasteiger partial charge in [-0.3, -0.25) is 15.1 Å². The highest BCUT2D eigenvalue weighted by Gasteiger charge is 2.51. The summed E-state index contributed by atoms with van der Waals surface area (Å²) in [6, 6.07) is 27.5. The van der Waals surface area contributed by atoms with E-state index in [4.69, 9.17) is 4.74 Å². The van der Waals surface area contributed by atoms with Crippen LogP contribution in [0.3, 0.4) is 0 Å². The Morgan fingerprint density at radius 2 is 1.50 bits per heavy atom. The number of hydrogen-bond acceptors (Lipinski definition) is 4. The number of benzene rings is 3. The minimum atomic E-state index is -0.749. The summed E-state index contributed by atoms with van der Waals surface area (Å²) >= 11 is 0. The molecule has 1 saturated carbocycles. The highest BCUT2D eigenvalue weighted by atomic mass is 16.5. The second-order valence-corrected chi connectivity index (χ2v) is 8.96. The molecule has 6 nitrogen and oxygen atoms in total. The van der Waals surface area contributed by atoms with Gasteiger partial charge < -0.3 is 9.84 Å². The molecule has 1 aliphatic rings. The third-order valence-electron chi connectivity index (χ3n) is 6.65. The second-order valence-electron chi connectivity index (χ2n) is 8.96. The number of nitrogens with zero attached hydrogens (tertiary/aromatic N) is 1. The van der Waals surface area contributed by atoms with Crippen LogP contribution >= 0.6 is 0 Å². The maximum atomic E-state index is 12.4. The Hall–Kier alpha value is -4.45. The number of hydrogen-bond donors (Lipinski definition) is 2. The molecule has 0 spiro atoms. The number of rotatable bonds is 8. The molecule has 180 valence electrons. The number of anilines is 1. The van der Waals surface area contributed by atoms with Crippen molar-refractivity contribution >= 4 is 17.7 Å². The molecule has 0 aliphatic heterocycles. The number of nitrogens with one attached hydrogen (secondary N) is 1. The molecule has 4 aromatic rings. The molecule has 1 heterocycles. The van der Waals surface area contributed by atoms with E-state index in [9.17, 15) is 14.7 Å². The number of carbonyl (C=O) groups is 2. The average molecular weight is 479 g/mol. The Labute approximate surface area is 209 Å². The maximum absolute atomic E-state index is 12.4. The standard InChI is InChI=1S/C30H26N2O4/c33-28(34)30(16-17-30)25-12-10-23(11-13-25)22-6-8-24(9-7-22)26-14-18-31-20-27(26)32-29(35)36-19-15-21-4-2-1-3-5-21/h1-14,18,20H,15-17,19H2,(H,32,35)(H,33,34). The first-order chi connectivity index (χ1) is 17.5. The lowest BCUT2D eigenvalue weighted by Crippen LogP contribution is -2.19. The van der Waals surface area contributed by atoms with Crippen molar-refractivity contribution in [2.24, 2.45) is 0 Å². The molecule has 5 rings (SSSR count). The Morgan fingerprint density at radius 1 is 0.861 bits per heavy atom. The van der Waals surface area contributed by atoms with Crippen molar-refractivity contribution in [1.29, 1.82) is 0 Å². The van der Waals surface area contributed by atoms with Gasteiger partial charge >= 0.3 is 12.1 Å². The second kappa shape index (κ2) is 10.0. The largest absolute Gasteiger partial charge is 0.481 e. The van der Waals surface area contributed by atoms with E-state index in [2.05, 4.69) is 10.3 Å². The van der Waals surface area contributed by atoms with Crippen LogP contribution in [-0.2, 0) is 21.4 Å². The van der Waals surface area contributed by atoms with E-state index in [1.54, 1.807) is 12.4 Å². The first kappa shape index (κ1) is 23.3. The Morgan fingerprint density at radius 3 is 2.14 bits per heavy atom. The lowest BCUT2D eigenvalue weighted by Gasteiger charge is -2.13. The molecule has 1 aliphatic carbocycles. The summed E-state index contributed by atoms with van der Waals surface area (Å²) in [4.78, 5) is 28.1. The van der Waals surface area contributed by atoms with Gasteiger partial charge in [-0.15, -0.1) is 0 Å². The molecule has 2 N–H and O–H groups in total. The van der Waals surface area contributed by atoms with Crippen LogP contribution in [0.25, 0.3) is 22.3 Å². The van der Waals surface area contributed by atoms with E-state index in [0.717, 1.165) is 33.4 Å². The molecule has 0 unspecified atom stereocenters. The fourth-order valence-electron chi connectivity index (χ4n) is 4.37. The Bertz CT molecular complexity index is 1360. The SMILES string of the molecule is O=C(Nc1cnccc1-c1ccc(-c2ccc(C3(C(=O)O)CC3)cc2)cc1)OCCc1ccccc1. The lowest BCUT2D eigenvalue weighted by molar-refractivity contribution is -0.140. The maximum Gasteiger partial charge on any atom is 0.411 e. The van der Waals surface area contributed by atoms with Gasteiger partial charge in [0, 0.05) is 18.2 Å². The van der Waals surface area contributed by atoms with Gasteiger partial charge in [-0.25, -0.2) is 4.79 Å². The topological polar surface area (TPSA) is 88.5 Å². The summed E-state index contributed by atoms with van der Waals surface area (Å²) < 4.78 is 5.36.